The smallest absolute Gasteiger partial charge is 0.382 e. The van der Waals surface area contributed by atoms with E-state index in [4.69, 9.17) is 11.6 Å². The van der Waals surface area contributed by atoms with Crippen molar-refractivity contribution in [1.29, 1.82) is 0 Å². The first-order valence-corrected chi connectivity index (χ1v) is 7.95. The topological polar surface area (TPSA) is 46.2 Å². The van der Waals surface area contributed by atoms with E-state index < -0.39 is 20.2 Å². The molecule has 1 atom stereocenters. The number of para-hydroxylation sites is 1. The molecule has 114 valence electrons. The van der Waals surface area contributed by atoms with Gasteiger partial charge in [-0.05, 0) is 31.9 Å². The van der Waals surface area contributed by atoms with Crippen molar-refractivity contribution in [3.05, 3.63) is 24.3 Å². The fraction of sp³-hybridized carbons (Fsp3) is 0.500. The van der Waals surface area contributed by atoms with Gasteiger partial charge in [0.25, 0.3) is 9.84 Å². The fourth-order valence-corrected chi connectivity index (χ4v) is 2.74. The van der Waals surface area contributed by atoms with Crippen molar-refractivity contribution >= 4 is 27.1 Å². The quantitative estimate of drug-likeness (QED) is 0.807. The minimum atomic E-state index is -5.36. The molecular weight excluding hydrogens is 315 g/mol. The SMILES string of the molecule is CC(CCCCl)Nc1ccccc1S(=O)(=O)C(F)(F)F. The summed E-state index contributed by atoms with van der Waals surface area (Å²) in [6.07, 6.45) is 1.31. The molecule has 0 amide bonds. The molecule has 0 spiro atoms. The summed E-state index contributed by atoms with van der Waals surface area (Å²) >= 11 is 5.54. The summed E-state index contributed by atoms with van der Waals surface area (Å²) in [6.45, 7) is 1.75. The minimum Gasteiger partial charge on any atom is -0.382 e. The molecule has 1 aromatic rings. The predicted molar refractivity (Wildman–Crippen MR) is 72.7 cm³/mol. The largest absolute Gasteiger partial charge is 0.501 e. The highest BCUT2D eigenvalue weighted by Crippen LogP contribution is 2.34. The summed E-state index contributed by atoms with van der Waals surface area (Å²) in [4.78, 5) is -0.759. The average Bonchev–Trinajstić information content (AvgIpc) is 2.35. The zero-order valence-electron chi connectivity index (χ0n) is 10.7. The molecule has 0 bridgehead atoms. The van der Waals surface area contributed by atoms with Crippen LogP contribution in [0.3, 0.4) is 0 Å². The first-order valence-electron chi connectivity index (χ1n) is 5.93. The number of halogens is 4. The molecular formula is C12H15ClF3NO2S. The second kappa shape index (κ2) is 6.67. The third kappa shape index (κ3) is 4.02. The normalized spacial score (nSPS) is 14.1. The van der Waals surface area contributed by atoms with E-state index in [-0.39, 0.29) is 11.7 Å². The summed E-state index contributed by atoms with van der Waals surface area (Å²) in [5.41, 5.74) is -5.36. The highest BCUT2D eigenvalue weighted by molar-refractivity contribution is 7.92. The monoisotopic (exact) mass is 329 g/mol. The maximum absolute atomic E-state index is 12.6. The standard InChI is InChI=1S/C12H15ClF3NO2S/c1-9(5-4-8-13)17-10-6-2-3-7-11(10)20(18,19)12(14,15)16/h2-3,6-7,9,17H,4-5,8H2,1H3. The number of sulfone groups is 1. The Morgan fingerprint density at radius 1 is 1.30 bits per heavy atom. The van der Waals surface area contributed by atoms with Crippen molar-refractivity contribution in [2.45, 2.75) is 36.2 Å². The molecule has 1 rings (SSSR count). The first kappa shape index (κ1) is 17.1. The Hall–Kier alpha value is -0.950. The Morgan fingerprint density at radius 2 is 1.90 bits per heavy atom. The first-order chi connectivity index (χ1) is 9.20. The van der Waals surface area contributed by atoms with Crippen LogP contribution in [0.25, 0.3) is 0 Å². The van der Waals surface area contributed by atoms with Gasteiger partial charge in [-0.3, -0.25) is 0 Å². The molecule has 0 saturated heterocycles. The lowest BCUT2D eigenvalue weighted by atomic mass is 10.2. The Bertz CT molecular complexity index is 546. The molecule has 0 aliphatic carbocycles. The molecule has 0 aliphatic heterocycles. The summed E-state index contributed by atoms with van der Waals surface area (Å²) in [5.74, 6) is 0.439. The minimum absolute atomic E-state index is 0.0492. The highest BCUT2D eigenvalue weighted by atomic mass is 35.5. The van der Waals surface area contributed by atoms with Crippen molar-refractivity contribution in [3.63, 3.8) is 0 Å². The van der Waals surface area contributed by atoms with Crippen molar-refractivity contribution in [2.75, 3.05) is 11.2 Å². The summed E-state index contributed by atoms with van der Waals surface area (Å²) < 4.78 is 60.8. The number of rotatable bonds is 6. The van der Waals surface area contributed by atoms with E-state index >= 15 is 0 Å². The van der Waals surface area contributed by atoms with Gasteiger partial charge in [0.2, 0.25) is 0 Å². The Kier molecular flexibility index (Phi) is 5.70. The maximum Gasteiger partial charge on any atom is 0.501 e. The summed E-state index contributed by atoms with van der Waals surface area (Å²) in [6, 6.07) is 4.81. The second-order valence-corrected chi connectivity index (χ2v) is 6.61. The van der Waals surface area contributed by atoms with Crippen LogP contribution in [0.1, 0.15) is 19.8 Å². The van der Waals surface area contributed by atoms with Crippen LogP contribution >= 0.6 is 11.6 Å². The highest BCUT2D eigenvalue weighted by Gasteiger charge is 2.47. The average molecular weight is 330 g/mol. The molecule has 1 unspecified atom stereocenters. The molecule has 0 aromatic heterocycles. The fourth-order valence-electron chi connectivity index (χ4n) is 1.67. The van der Waals surface area contributed by atoms with E-state index in [0.717, 1.165) is 6.07 Å². The molecule has 20 heavy (non-hydrogen) atoms. The van der Waals surface area contributed by atoms with Gasteiger partial charge in [0.05, 0.1) is 10.6 Å². The molecule has 0 saturated carbocycles. The van der Waals surface area contributed by atoms with Crippen LogP contribution < -0.4 is 5.32 Å². The lowest BCUT2D eigenvalue weighted by Gasteiger charge is -2.18. The van der Waals surface area contributed by atoms with E-state index in [9.17, 15) is 21.6 Å². The predicted octanol–water partition coefficient (Wildman–Crippen LogP) is 3.80. The molecule has 0 heterocycles. The molecule has 0 fully saturated rings. The van der Waals surface area contributed by atoms with E-state index in [1.54, 1.807) is 6.92 Å². The zero-order valence-corrected chi connectivity index (χ0v) is 12.3. The molecule has 0 radical (unpaired) electrons. The summed E-state index contributed by atoms with van der Waals surface area (Å²) in [5, 5.41) is 2.79. The van der Waals surface area contributed by atoms with E-state index in [1.807, 2.05) is 0 Å². The maximum atomic E-state index is 12.6. The van der Waals surface area contributed by atoms with Crippen molar-refractivity contribution in [3.8, 4) is 0 Å². The zero-order chi connectivity index (χ0) is 15.4. The molecule has 0 aliphatic rings. The van der Waals surface area contributed by atoms with E-state index in [0.29, 0.717) is 18.7 Å². The summed E-state index contributed by atoms with van der Waals surface area (Å²) in [7, 11) is -5.36. The number of hydrogen-bond donors (Lipinski definition) is 1. The lowest BCUT2D eigenvalue weighted by Crippen LogP contribution is -2.25. The molecule has 8 heteroatoms. The van der Waals surface area contributed by atoms with Crippen molar-refractivity contribution in [1.82, 2.24) is 0 Å². The van der Waals surface area contributed by atoms with Gasteiger partial charge < -0.3 is 5.32 Å². The van der Waals surface area contributed by atoms with Crippen molar-refractivity contribution in [2.24, 2.45) is 0 Å². The van der Waals surface area contributed by atoms with Crippen LogP contribution in [0, 0.1) is 0 Å². The Morgan fingerprint density at radius 3 is 2.45 bits per heavy atom. The van der Waals surface area contributed by atoms with Crippen LogP contribution in [0.15, 0.2) is 29.2 Å². The van der Waals surface area contributed by atoms with Gasteiger partial charge in [0, 0.05) is 11.9 Å². The third-order valence-electron chi connectivity index (χ3n) is 2.65. The van der Waals surface area contributed by atoms with Crippen LogP contribution in [0.4, 0.5) is 18.9 Å². The van der Waals surface area contributed by atoms with Gasteiger partial charge in [0.1, 0.15) is 0 Å². The van der Waals surface area contributed by atoms with Gasteiger partial charge in [0.15, 0.2) is 0 Å². The molecule has 3 nitrogen and oxygen atoms in total. The Labute approximate surface area is 121 Å². The van der Waals surface area contributed by atoms with Crippen LogP contribution in [-0.4, -0.2) is 25.8 Å². The van der Waals surface area contributed by atoms with E-state index in [2.05, 4.69) is 5.32 Å². The van der Waals surface area contributed by atoms with Crippen LogP contribution in [0.2, 0.25) is 0 Å². The van der Waals surface area contributed by atoms with Gasteiger partial charge in [-0.2, -0.15) is 13.2 Å². The van der Waals surface area contributed by atoms with Crippen molar-refractivity contribution < 1.29 is 21.6 Å². The third-order valence-corrected chi connectivity index (χ3v) is 4.47. The number of anilines is 1. The molecule has 1 N–H and O–H groups in total. The van der Waals surface area contributed by atoms with Gasteiger partial charge >= 0.3 is 5.51 Å². The van der Waals surface area contributed by atoms with Gasteiger partial charge in [-0.1, -0.05) is 12.1 Å². The van der Waals surface area contributed by atoms with Crippen LogP contribution in [0.5, 0.6) is 0 Å². The van der Waals surface area contributed by atoms with Gasteiger partial charge in [-0.25, -0.2) is 8.42 Å². The Balaban J connectivity index is 3.07. The molecule has 1 aromatic carbocycles. The van der Waals surface area contributed by atoms with E-state index in [1.165, 1.54) is 18.2 Å². The number of alkyl halides is 4. The number of nitrogens with one attached hydrogen (secondary N) is 1. The van der Waals surface area contributed by atoms with Crippen LogP contribution in [-0.2, 0) is 9.84 Å². The number of hydrogen-bond acceptors (Lipinski definition) is 3. The second-order valence-electron chi connectivity index (χ2n) is 4.32. The number of benzene rings is 1. The van der Waals surface area contributed by atoms with Gasteiger partial charge in [-0.15, -0.1) is 11.6 Å². The lowest BCUT2D eigenvalue weighted by molar-refractivity contribution is -0.0435.